The number of nitrogens with zero attached hydrogens (tertiary/aromatic N) is 1. The molecule has 18 heavy (non-hydrogen) atoms. The molecule has 1 N–H and O–H groups in total. The first-order chi connectivity index (χ1) is 8.21. The number of hydrogen-bond acceptors (Lipinski definition) is 3. The van der Waals surface area contributed by atoms with Gasteiger partial charge >= 0.3 is 0 Å². The second kappa shape index (κ2) is 4.77. The standard InChI is InChI=1S/C15H29NO2/c1-11-9-16(10-15(4,5)18-11)12-7-6-8-14(2,3)13(12)17/h11-13,17H,6-10H2,1-5H3. The van der Waals surface area contributed by atoms with Crippen molar-refractivity contribution in [2.75, 3.05) is 13.1 Å². The normalized spacial score (nSPS) is 40.7. The van der Waals surface area contributed by atoms with Crippen LogP contribution in [0.25, 0.3) is 0 Å². The summed E-state index contributed by atoms with van der Waals surface area (Å²) >= 11 is 0. The van der Waals surface area contributed by atoms with Crippen LogP contribution in [0.2, 0.25) is 0 Å². The Morgan fingerprint density at radius 2 is 1.89 bits per heavy atom. The predicted octanol–water partition coefficient (Wildman–Crippen LogP) is 2.43. The van der Waals surface area contributed by atoms with Gasteiger partial charge in [0, 0.05) is 19.1 Å². The van der Waals surface area contributed by atoms with Gasteiger partial charge < -0.3 is 9.84 Å². The third kappa shape index (κ3) is 2.89. The smallest absolute Gasteiger partial charge is 0.0757 e. The number of hydrogen-bond donors (Lipinski definition) is 1. The highest BCUT2D eigenvalue weighted by molar-refractivity contribution is 4.96. The van der Waals surface area contributed by atoms with Crippen LogP contribution in [0.4, 0.5) is 0 Å². The van der Waals surface area contributed by atoms with E-state index in [1.807, 2.05) is 0 Å². The van der Waals surface area contributed by atoms with E-state index in [0.29, 0.717) is 6.04 Å². The lowest BCUT2D eigenvalue weighted by Gasteiger charge is -2.50. The molecule has 2 aliphatic rings. The molecule has 3 nitrogen and oxygen atoms in total. The van der Waals surface area contributed by atoms with Gasteiger partial charge in [-0.3, -0.25) is 4.90 Å². The summed E-state index contributed by atoms with van der Waals surface area (Å²) in [6, 6.07) is 0.305. The molecule has 2 rings (SSSR count). The zero-order chi connectivity index (χ0) is 13.6. The number of rotatable bonds is 1. The minimum Gasteiger partial charge on any atom is -0.391 e. The summed E-state index contributed by atoms with van der Waals surface area (Å²) in [7, 11) is 0. The summed E-state index contributed by atoms with van der Waals surface area (Å²) in [5.41, 5.74) is -0.0480. The Kier molecular flexibility index (Phi) is 3.79. The van der Waals surface area contributed by atoms with Crippen molar-refractivity contribution in [3.63, 3.8) is 0 Å². The molecule has 3 atom stereocenters. The van der Waals surface area contributed by atoms with Crippen LogP contribution < -0.4 is 0 Å². The molecule has 1 saturated heterocycles. The lowest BCUT2D eigenvalue weighted by Crippen LogP contribution is -2.60. The molecule has 0 aromatic heterocycles. The Labute approximate surface area is 112 Å². The van der Waals surface area contributed by atoms with E-state index in [1.54, 1.807) is 0 Å². The van der Waals surface area contributed by atoms with Crippen molar-refractivity contribution in [1.82, 2.24) is 4.90 Å². The molecule has 3 heteroatoms. The van der Waals surface area contributed by atoms with Crippen molar-refractivity contribution in [1.29, 1.82) is 0 Å². The molecule has 106 valence electrons. The lowest BCUT2D eigenvalue weighted by atomic mass is 9.72. The second-order valence-corrected chi connectivity index (χ2v) is 7.51. The van der Waals surface area contributed by atoms with Gasteiger partial charge in [-0.05, 0) is 39.0 Å². The summed E-state index contributed by atoms with van der Waals surface area (Å²) in [6.45, 7) is 12.7. The number of ether oxygens (including phenoxy) is 1. The molecule has 1 aliphatic heterocycles. The Balaban J connectivity index is 2.10. The molecule has 1 saturated carbocycles. The third-order valence-corrected chi connectivity index (χ3v) is 4.55. The monoisotopic (exact) mass is 255 g/mol. The van der Waals surface area contributed by atoms with Crippen LogP contribution in [0, 0.1) is 5.41 Å². The van der Waals surface area contributed by atoms with Crippen molar-refractivity contribution in [2.24, 2.45) is 5.41 Å². The fourth-order valence-corrected chi connectivity index (χ4v) is 3.73. The first-order valence-corrected chi connectivity index (χ1v) is 7.31. The van der Waals surface area contributed by atoms with Crippen molar-refractivity contribution < 1.29 is 9.84 Å². The highest BCUT2D eigenvalue weighted by Gasteiger charge is 2.43. The fourth-order valence-electron chi connectivity index (χ4n) is 3.73. The van der Waals surface area contributed by atoms with Gasteiger partial charge in [-0.2, -0.15) is 0 Å². The number of aliphatic hydroxyl groups is 1. The molecule has 0 bridgehead atoms. The summed E-state index contributed by atoms with van der Waals surface area (Å²) in [4.78, 5) is 2.46. The Morgan fingerprint density at radius 3 is 2.50 bits per heavy atom. The van der Waals surface area contributed by atoms with Crippen molar-refractivity contribution in [3.05, 3.63) is 0 Å². The van der Waals surface area contributed by atoms with Crippen LogP contribution in [0.15, 0.2) is 0 Å². The topological polar surface area (TPSA) is 32.7 Å². The predicted molar refractivity (Wildman–Crippen MR) is 73.6 cm³/mol. The lowest BCUT2D eigenvalue weighted by molar-refractivity contribution is -0.161. The van der Waals surface area contributed by atoms with E-state index >= 15 is 0 Å². The molecule has 3 unspecified atom stereocenters. The van der Waals surface area contributed by atoms with Crippen LogP contribution in [0.3, 0.4) is 0 Å². The zero-order valence-electron chi connectivity index (χ0n) is 12.6. The summed E-state index contributed by atoms with van der Waals surface area (Å²) < 4.78 is 5.96. The molecule has 1 aliphatic carbocycles. The summed E-state index contributed by atoms with van der Waals surface area (Å²) in [6.07, 6.45) is 3.51. The van der Waals surface area contributed by atoms with E-state index in [1.165, 1.54) is 6.42 Å². The quantitative estimate of drug-likeness (QED) is 0.781. The molecule has 2 fully saturated rings. The zero-order valence-corrected chi connectivity index (χ0v) is 12.6. The van der Waals surface area contributed by atoms with Gasteiger partial charge in [0.05, 0.1) is 17.8 Å². The van der Waals surface area contributed by atoms with Crippen molar-refractivity contribution in [2.45, 2.75) is 77.7 Å². The molecular formula is C15H29NO2. The van der Waals surface area contributed by atoms with Gasteiger partial charge in [-0.1, -0.05) is 20.3 Å². The van der Waals surface area contributed by atoms with Gasteiger partial charge in [0.15, 0.2) is 0 Å². The minimum absolute atomic E-state index is 0.0502. The van der Waals surface area contributed by atoms with Crippen molar-refractivity contribution in [3.8, 4) is 0 Å². The van der Waals surface area contributed by atoms with E-state index in [4.69, 9.17) is 4.74 Å². The Hall–Kier alpha value is -0.120. The molecule has 0 spiro atoms. The Morgan fingerprint density at radius 1 is 1.22 bits per heavy atom. The second-order valence-electron chi connectivity index (χ2n) is 7.51. The van der Waals surface area contributed by atoms with E-state index in [-0.39, 0.29) is 23.2 Å². The highest BCUT2D eigenvalue weighted by Crippen LogP contribution is 2.39. The number of aliphatic hydroxyl groups excluding tert-OH is 1. The molecule has 0 radical (unpaired) electrons. The fraction of sp³-hybridized carbons (Fsp3) is 1.00. The maximum atomic E-state index is 10.6. The van der Waals surface area contributed by atoms with Gasteiger partial charge in [0.1, 0.15) is 0 Å². The SMILES string of the molecule is CC1CN(C2CCCC(C)(C)C2O)CC(C)(C)O1. The van der Waals surface area contributed by atoms with Gasteiger partial charge in [-0.15, -0.1) is 0 Å². The summed E-state index contributed by atoms with van der Waals surface area (Å²) in [5, 5.41) is 10.6. The first kappa shape index (κ1) is 14.3. The average Bonchev–Trinajstić information content (AvgIpc) is 2.19. The molecule has 0 amide bonds. The average molecular weight is 255 g/mol. The third-order valence-electron chi connectivity index (χ3n) is 4.55. The number of morpholine rings is 1. The van der Waals surface area contributed by atoms with Gasteiger partial charge in [-0.25, -0.2) is 0 Å². The van der Waals surface area contributed by atoms with Crippen molar-refractivity contribution >= 4 is 0 Å². The maximum Gasteiger partial charge on any atom is 0.0757 e. The van der Waals surface area contributed by atoms with Crippen LogP contribution in [0.5, 0.6) is 0 Å². The van der Waals surface area contributed by atoms with Crippen LogP contribution in [0.1, 0.15) is 53.9 Å². The molecule has 0 aromatic rings. The minimum atomic E-state index is -0.215. The van der Waals surface area contributed by atoms with Crippen LogP contribution in [-0.2, 0) is 4.74 Å². The van der Waals surface area contributed by atoms with Crippen LogP contribution in [-0.4, -0.2) is 46.9 Å². The maximum absolute atomic E-state index is 10.6. The van der Waals surface area contributed by atoms with Gasteiger partial charge in [0.2, 0.25) is 0 Å². The Bertz CT molecular complexity index is 301. The van der Waals surface area contributed by atoms with Crippen LogP contribution >= 0.6 is 0 Å². The van der Waals surface area contributed by atoms with E-state index < -0.39 is 0 Å². The highest BCUT2D eigenvalue weighted by atomic mass is 16.5. The molecule has 1 heterocycles. The largest absolute Gasteiger partial charge is 0.391 e. The van der Waals surface area contributed by atoms with E-state index in [0.717, 1.165) is 25.9 Å². The molecular weight excluding hydrogens is 226 g/mol. The van der Waals surface area contributed by atoms with Gasteiger partial charge in [0.25, 0.3) is 0 Å². The van der Waals surface area contributed by atoms with E-state index in [9.17, 15) is 5.11 Å². The van der Waals surface area contributed by atoms with E-state index in [2.05, 4.69) is 39.5 Å². The first-order valence-electron chi connectivity index (χ1n) is 7.31. The molecule has 0 aromatic carbocycles. The summed E-state index contributed by atoms with van der Waals surface area (Å²) in [5.74, 6) is 0.